The van der Waals surface area contributed by atoms with E-state index in [1.54, 1.807) is 0 Å². The van der Waals surface area contributed by atoms with Gasteiger partial charge in [0.2, 0.25) is 0 Å². The first-order valence-corrected chi connectivity index (χ1v) is 8.79. The minimum Gasteiger partial charge on any atom is -0.224 e. The molecule has 0 bridgehead atoms. The molecule has 5 heteroatoms. The molecule has 0 saturated heterocycles. The van der Waals surface area contributed by atoms with Crippen LogP contribution in [0.5, 0.6) is 0 Å². The normalized spacial score (nSPS) is 11.5. The number of thioether (sulfide) groups is 1. The van der Waals surface area contributed by atoms with Crippen LogP contribution in [-0.2, 0) is 9.84 Å². The number of benzene rings is 2. The van der Waals surface area contributed by atoms with Crippen molar-refractivity contribution in [3.05, 3.63) is 59.9 Å². The van der Waals surface area contributed by atoms with Crippen LogP contribution in [0.3, 0.4) is 0 Å². The Morgan fingerprint density at radius 1 is 1.00 bits per heavy atom. The van der Waals surface area contributed by atoms with Crippen LogP contribution in [0.15, 0.2) is 58.3 Å². The van der Waals surface area contributed by atoms with Crippen molar-refractivity contribution in [2.24, 2.45) is 0 Å². The van der Waals surface area contributed by atoms with Crippen LogP contribution in [-0.4, -0.2) is 19.9 Å². The van der Waals surface area contributed by atoms with E-state index in [-0.39, 0.29) is 10.6 Å². The van der Waals surface area contributed by atoms with E-state index in [0.717, 1.165) is 4.90 Å². The molecule has 0 aromatic heterocycles. The Bertz CT molecular complexity index is 662. The third-order valence-corrected chi connectivity index (χ3v) is 5.82. The lowest BCUT2D eigenvalue weighted by Gasteiger charge is -2.05. The Labute approximate surface area is 122 Å². The molecular weight excluding hydrogens is 295 g/mol. The van der Waals surface area contributed by atoms with Crippen LogP contribution in [0.2, 0.25) is 0 Å². The van der Waals surface area contributed by atoms with Gasteiger partial charge in [0.05, 0.1) is 10.6 Å². The monoisotopic (exact) mass is 310 g/mol. The summed E-state index contributed by atoms with van der Waals surface area (Å²) >= 11 is 1.50. The Kier molecular flexibility index (Phi) is 4.83. The SMILES string of the molecule is Cc1ccc(SCCS(=O)(=O)c2ccc(F)cc2)cc1. The van der Waals surface area contributed by atoms with Crippen molar-refractivity contribution in [3.63, 3.8) is 0 Å². The third kappa shape index (κ3) is 4.08. The Hall–Kier alpha value is -1.33. The van der Waals surface area contributed by atoms with Crippen molar-refractivity contribution >= 4 is 21.6 Å². The predicted octanol–water partition coefficient (Wildman–Crippen LogP) is 3.70. The summed E-state index contributed by atoms with van der Waals surface area (Å²) in [6.45, 7) is 2.01. The van der Waals surface area contributed by atoms with Crippen molar-refractivity contribution in [3.8, 4) is 0 Å². The summed E-state index contributed by atoms with van der Waals surface area (Å²) in [4.78, 5) is 1.22. The minimum atomic E-state index is -3.34. The minimum absolute atomic E-state index is 0.0389. The van der Waals surface area contributed by atoms with Gasteiger partial charge in [0.1, 0.15) is 5.82 Å². The zero-order valence-corrected chi connectivity index (χ0v) is 12.7. The number of rotatable bonds is 5. The summed E-state index contributed by atoms with van der Waals surface area (Å²) in [6, 6.07) is 12.9. The molecule has 0 fully saturated rings. The van der Waals surface area contributed by atoms with Crippen molar-refractivity contribution < 1.29 is 12.8 Å². The fourth-order valence-corrected chi connectivity index (χ4v) is 4.23. The van der Waals surface area contributed by atoms with Gasteiger partial charge in [0.15, 0.2) is 9.84 Å². The first kappa shape index (κ1) is 15.1. The van der Waals surface area contributed by atoms with Gasteiger partial charge in [-0.15, -0.1) is 11.8 Å². The van der Waals surface area contributed by atoms with E-state index in [1.165, 1.54) is 41.6 Å². The van der Waals surface area contributed by atoms with E-state index in [0.29, 0.717) is 5.75 Å². The summed E-state index contributed by atoms with van der Waals surface area (Å²) in [5.41, 5.74) is 1.17. The summed E-state index contributed by atoms with van der Waals surface area (Å²) < 4.78 is 36.9. The molecule has 0 radical (unpaired) electrons. The standard InChI is InChI=1S/C15H15FO2S2/c1-12-2-6-14(7-3-12)19-10-11-20(17,18)15-8-4-13(16)5-9-15/h2-9H,10-11H2,1H3. The molecule has 2 rings (SSSR count). The van der Waals surface area contributed by atoms with Crippen molar-refractivity contribution in [1.82, 2.24) is 0 Å². The van der Waals surface area contributed by atoms with Crippen molar-refractivity contribution in [2.75, 3.05) is 11.5 Å². The van der Waals surface area contributed by atoms with E-state index in [2.05, 4.69) is 0 Å². The number of hydrogen-bond acceptors (Lipinski definition) is 3. The Morgan fingerprint density at radius 2 is 1.60 bits per heavy atom. The first-order valence-electron chi connectivity index (χ1n) is 6.15. The number of aryl methyl sites for hydroxylation is 1. The van der Waals surface area contributed by atoms with Gasteiger partial charge in [-0.05, 0) is 43.3 Å². The highest BCUT2D eigenvalue weighted by Gasteiger charge is 2.14. The molecule has 0 atom stereocenters. The van der Waals surface area contributed by atoms with Gasteiger partial charge in [0, 0.05) is 10.6 Å². The molecule has 0 unspecified atom stereocenters. The van der Waals surface area contributed by atoms with E-state index in [4.69, 9.17) is 0 Å². The van der Waals surface area contributed by atoms with Gasteiger partial charge in [0.25, 0.3) is 0 Å². The van der Waals surface area contributed by atoms with Gasteiger partial charge >= 0.3 is 0 Å². The Morgan fingerprint density at radius 3 is 2.20 bits per heavy atom. The molecule has 0 heterocycles. The molecule has 20 heavy (non-hydrogen) atoms. The second-order valence-corrected chi connectivity index (χ2v) is 7.71. The van der Waals surface area contributed by atoms with Gasteiger partial charge in [-0.2, -0.15) is 0 Å². The van der Waals surface area contributed by atoms with Crippen LogP contribution < -0.4 is 0 Å². The van der Waals surface area contributed by atoms with Gasteiger partial charge < -0.3 is 0 Å². The van der Waals surface area contributed by atoms with E-state index in [9.17, 15) is 12.8 Å². The summed E-state index contributed by atoms with van der Waals surface area (Å²) in [5, 5.41) is 0. The average Bonchev–Trinajstić information content (AvgIpc) is 2.41. The van der Waals surface area contributed by atoms with Crippen LogP contribution in [0.25, 0.3) is 0 Å². The van der Waals surface area contributed by atoms with Gasteiger partial charge in [-0.3, -0.25) is 0 Å². The average molecular weight is 310 g/mol. The molecule has 2 nitrogen and oxygen atoms in total. The highest BCUT2D eigenvalue weighted by atomic mass is 32.2. The first-order chi connectivity index (χ1) is 9.47. The largest absolute Gasteiger partial charge is 0.224 e. The maximum atomic E-state index is 12.8. The lowest BCUT2D eigenvalue weighted by Crippen LogP contribution is -2.08. The molecule has 106 valence electrons. The summed E-state index contributed by atoms with van der Waals surface area (Å²) in [5.74, 6) is 0.0814. The highest BCUT2D eigenvalue weighted by Crippen LogP contribution is 2.20. The molecule has 0 aliphatic rings. The zero-order valence-electron chi connectivity index (χ0n) is 11.0. The van der Waals surface area contributed by atoms with Crippen LogP contribution in [0.1, 0.15) is 5.56 Å². The maximum absolute atomic E-state index is 12.8. The molecule has 0 N–H and O–H groups in total. The van der Waals surface area contributed by atoms with Crippen LogP contribution in [0.4, 0.5) is 4.39 Å². The second kappa shape index (κ2) is 6.41. The predicted molar refractivity (Wildman–Crippen MR) is 80.4 cm³/mol. The fraction of sp³-hybridized carbons (Fsp3) is 0.200. The maximum Gasteiger partial charge on any atom is 0.179 e. The highest BCUT2D eigenvalue weighted by molar-refractivity contribution is 8.00. The van der Waals surface area contributed by atoms with Gasteiger partial charge in [-0.1, -0.05) is 17.7 Å². The fourth-order valence-electron chi connectivity index (χ4n) is 1.66. The van der Waals surface area contributed by atoms with Crippen LogP contribution >= 0.6 is 11.8 Å². The van der Waals surface area contributed by atoms with E-state index >= 15 is 0 Å². The zero-order chi connectivity index (χ0) is 14.6. The molecule has 0 spiro atoms. The van der Waals surface area contributed by atoms with Gasteiger partial charge in [-0.25, -0.2) is 12.8 Å². The lowest BCUT2D eigenvalue weighted by atomic mass is 10.2. The Balaban J connectivity index is 1.96. The molecular formula is C15H15FO2S2. The van der Waals surface area contributed by atoms with Crippen molar-refractivity contribution in [1.29, 1.82) is 0 Å². The molecule has 0 aliphatic heterocycles. The van der Waals surface area contributed by atoms with Crippen LogP contribution in [0, 0.1) is 12.7 Å². The molecule has 0 aliphatic carbocycles. The van der Waals surface area contributed by atoms with Crippen molar-refractivity contribution in [2.45, 2.75) is 16.7 Å². The molecule has 0 saturated carbocycles. The number of hydrogen-bond donors (Lipinski definition) is 0. The van der Waals surface area contributed by atoms with E-state index < -0.39 is 15.7 Å². The number of halogens is 1. The second-order valence-electron chi connectivity index (χ2n) is 4.43. The quantitative estimate of drug-likeness (QED) is 0.624. The molecule has 2 aromatic carbocycles. The van der Waals surface area contributed by atoms with E-state index in [1.807, 2.05) is 31.2 Å². The summed E-state index contributed by atoms with van der Waals surface area (Å²) in [7, 11) is -3.34. The summed E-state index contributed by atoms with van der Waals surface area (Å²) in [6.07, 6.45) is 0. The molecule has 0 amide bonds. The topological polar surface area (TPSA) is 34.1 Å². The smallest absolute Gasteiger partial charge is 0.179 e. The lowest BCUT2D eigenvalue weighted by molar-refractivity contribution is 0.596. The number of sulfone groups is 1. The molecule has 2 aromatic rings. The third-order valence-electron chi connectivity index (χ3n) is 2.81.